The smallest absolute Gasteiger partial charge is 0.114 e. The van der Waals surface area contributed by atoms with Crippen LogP contribution in [0.3, 0.4) is 0 Å². The van der Waals surface area contributed by atoms with Crippen molar-refractivity contribution in [3.8, 4) is 0 Å². The molecule has 0 saturated carbocycles. The fraction of sp³-hybridized carbons (Fsp3) is 0.583. The van der Waals surface area contributed by atoms with Gasteiger partial charge in [0.05, 0.1) is 7.11 Å². The van der Waals surface area contributed by atoms with Crippen molar-refractivity contribution in [2.75, 3.05) is 31.6 Å². The number of anilines is 1. The summed E-state index contributed by atoms with van der Waals surface area (Å²) in [5.41, 5.74) is 9.28. The summed E-state index contributed by atoms with van der Waals surface area (Å²) in [5, 5.41) is 0. The van der Waals surface area contributed by atoms with E-state index in [1.165, 1.54) is 43.6 Å². The molecule has 1 fully saturated rings. The Morgan fingerprint density at radius 2 is 1.89 bits per heavy atom. The SMILES string of the molecule is COC1=CC[C@@](CN)(C(CC(C)C)c2ccccc2N2CCCCC2)C=C1. The van der Waals surface area contributed by atoms with E-state index < -0.39 is 0 Å². The Bertz CT molecular complexity index is 673. The summed E-state index contributed by atoms with van der Waals surface area (Å²) in [5.74, 6) is 1.98. The number of ether oxygens (including phenoxy) is 1. The van der Waals surface area contributed by atoms with Gasteiger partial charge in [0, 0.05) is 30.7 Å². The molecule has 3 nitrogen and oxygen atoms in total. The van der Waals surface area contributed by atoms with Crippen LogP contribution < -0.4 is 10.6 Å². The number of benzene rings is 1. The van der Waals surface area contributed by atoms with Crippen LogP contribution in [0.15, 0.2) is 48.3 Å². The van der Waals surface area contributed by atoms with Gasteiger partial charge in [-0.05, 0) is 67.7 Å². The van der Waals surface area contributed by atoms with Gasteiger partial charge in [0.1, 0.15) is 5.76 Å². The number of piperidine rings is 1. The predicted molar refractivity (Wildman–Crippen MR) is 115 cm³/mol. The van der Waals surface area contributed by atoms with E-state index in [4.69, 9.17) is 10.5 Å². The van der Waals surface area contributed by atoms with Crippen molar-refractivity contribution in [3.05, 3.63) is 53.8 Å². The van der Waals surface area contributed by atoms with Gasteiger partial charge in [0.2, 0.25) is 0 Å². The van der Waals surface area contributed by atoms with E-state index in [1.807, 2.05) is 0 Å². The first-order valence-corrected chi connectivity index (χ1v) is 10.6. The Balaban J connectivity index is 2.01. The van der Waals surface area contributed by atoms with Gasteiger partial charge in [-0.1, -0.05) is 38.1 Å². The maximum absolute atomic E-state index is 6.43. The summed E-state index contributed by atoms with van der Waals surface area (Å²) in [6.45, 7) is 7.64. The molecule has 2 N–H and O–H groups in total. The normalized spacial score (nSPS) is 24.0. The lowest BCUT2D eigenvalue weighted by Gasteiger charge is -2.42. The van der Waals surface area contributed by atoms with Crippen LogP contribution in [0.1, 0.15) is 57.4 Å². The van der Waals surface area contributed by atoms with Crippen LogP contribution >= 0.6 is 0 Å². The molecule has 2 atom stereocenters. The number of para-hydroxylation sites is 1. The molecule has 0 bridgehead atoms. The maximum atomic E-state index is 6.43. The molecule has 148 valence electrons. The van der Waals surface area contributed by atoms with E-state index in [0.717, 1.165) is 18.6 Å². The van der Waals surface area contributed by atoms with Crippen molar-refractivity contribution in [1.29, 1.82) is 0 Å². The van der Waals surface area contributed by atoms with Gasteiger partial charge in [-0.25, -0.2) is 0 Å². The van der Waals surface area contributed by atoms with E-state index in [-0.39, 0.29) is 5.41 Å². The fourth-order valence-electron chi connectivity index (χ4n) is 4.73. The molecule has 3 heteroatoms. The van der Waals surface area contributed by atoms with Crippen molar-refractivity contribution < 1.29 is 4.74 Å². The van der Waals surface area contributed by atoms with E-state index in [2.05, 4.69) is 61.2 Å². The molecule has 2 aliphatic rings. The zero-order valence-electron chi connectivity index (χ0n) is 17.3. The van der Waals surface area contributed by atoms with E-state index in [0.29, 0.717) is 18.4 Å². The minimum absolute atomic E-state index is 0.0435. The summed E-state index contributed by atoms with van der Waals surface area (Å²) in [6, 6.07) is 9.05. The standard InChI is InChI=1S/C24H36N2O/c1-19(2)17-22(24(18-25)13-11-20(27-3)12-14-24)21-9-5-6-10-23(21)26-15-7-4-8-16-26/h5-6,9-13,19,22H,4,7-8,14-18,25H2,1-3H3/t22?,24-/m0/s1. The maximum Gasteiger partial charge on any atom is 0.114 e. The van der Waals surface area contributed by atoms with Crippen LogP contribution in [-0.2, 0) is 4.74 Å². The quantitative estimate of drug-likeness (QED) is 0.715. The highest BCUT2D eigenvalue weighted by molar-refractivity contribution is 5.56. The van der Waals surface area contributed by atoms with Gasteiger partial charge < -0.3 is 15.4 Å². The highest BCUT2D eigenvalue weighted by Crippen LogP contribution is 2.48. The van der Waals surface area contributed by atoms with Crippen molar-refractivity contribution in [2.24, 2.45) is 17.1 Å². The summed E-state index contributed by atoms with van der Waals surface area (Å²) in [4.78, 5) is 2.60. The Hall–Kier alpha value is -1.74. The molecule has 1 aromatic carbocycles. The topological polar surface area (TPSA) is 38.5 Å². The number of hydrogen-bond donors (Lipinski definition) is 1. The second-order valence-electron chi connectivity index (χ2n) is 8.57. The van der Waals surface area contributed by atoms with E-state index in [1.54, 1.807) is 7.11 Å². The van der Waals surface area contributed by atoms with Crippen molar-refractivity contribution in [1.82, 2.24) is 0 Å². The number of hydrogen-bond acceptors (Lipinski definition) is 3. The van der Waals surface area contributed by atoms with Gasteiger partial charge in [0.25, 0.3) is 0 Å². The van der Waals surface area contributed by atoms with Gasteiger partial charge in [-0.2, -0.15) is 0 Å². The molecule has 1 heterocycles. The first-order valence-electron chi connectivity index (χ1n) is 10.6. The average molecular weight is 369 g/mol. The van der Waals surface area contributed by atoms with Gasteiger partial charge in [0.15, 0.2) is 0 Å². The van der Waals surface area contributed by atoms with Gasteiger partial charge >= 0.3 is 0 Å². The molecule has 1 saturated heterocycles. The number of rotatable bonds is 7. The largest absolute Gasteiger partial charge is 0.497 e. The van der Waals surface area contributed by atoms with Crippen LogP contribution in [-0.4, -0.2) is 26.7 Å². The van der Waals surface area contributed by atoms with E-state index >= 15 is 0 Å². The van der Waals surface area contributed by atoms with Crippen LogP contribution in [0.25, 0.3) is 0 Å². The zero-order chi connectivity index (χ0) is 19.3. The molecule has 0 spiro atoms. The summed E-state index contributed by atoms with van der Waals surface area (Å²) in [7, 11) is 1.74. The van der Waals surface area contributed by atoms with Crippen LogP contribution in [0, 0.1) is 11.3 Å². The molecule has 3 rings (SSSR count). The zero-order valence-corrected chi connectivity index (χ0v) is 17.3. The Morgan fingerprint density at radius 3 is 2.48 bits per heavy atom. The van der Waals surface area contributed by atoms with Gasteiger partial charge in [-0.3, -0.25) is 0 Å². The van der Waals surface area contributed by atoms with Crippen molar-refractivity contribution in [3.63, 3.8) is 0 Å². The second kappa shape index (κ2) is 8.97. The fourth-order valence-corrected chi connectivity index (χ4v) is 4.73. The molecule has 1 aliphatic carbocycles. The lowest BCUT2D eigenvalue weighted by Crippen LogP contribution is -2.38. The minimum Gasteiger partial charge on any atom is -0.497 e. The Kier molecular flexibility index (Phi) is 6.64. The first kappa shape index (κ1) is 20.0. The summed E-state index contributed by atoms with van der Waals surface area (Å²) in [6.07, 6.45) is 12.7. The highest BCUT2D eigenvalue weighted by Gasteiger charge is 2.39. The summed E-state index contributed by atoms with van der Waals surface area (Å²) < 4.78 is 5.44. The molecule has 0 amide bonds. The third-order valence-electron chi connectivity index (χ3n) is 6.29. The molecular formula is C24H36N2O. The molecule has 0 aromatic heterocycles. The van der Waals surface area contributed by atoms with Crippen LogP contribution in [0.2, 0.25) is 0 Å². The Labute approximate surface area is 165 Å². The van der Waals surface area contributed by atoms with Crippen LogP contribution in [0.5, 0.6) is 0 Å². The summed E-state index contributed by atoms with van der Waals surface area (Å²) >= 11 is 0. The van der Waals surface area contributed by atoms with Gasteiger partial charge in [-0.15, -0.1) is 0 Å². The number of nitrogens with two attached hydrogens (primary N) is 1. The van der Waals surface area contributed by atoms with E-state index in [9.17, 15) is 0 Å². The molecular weight excluding hydrogens is 332 g/mol. The van der Waals surface area contributed by atoms with Crippen molar-refractivity contribution in [2.45, 2.75) is 51.9 Å². The molecule has 0 radical (unpaired) electrons. The number of methoxy groups -OCH3 is 1. The molecule has 1 aliphatic heterocycles. The average Bonchev–Trinajstić information content (AvgIpc) is 2.72. The molecule has 1 aromatic rings. The van der Waals surface area contributed by atoms with Crippen LogP contribution in [0.4, 0.5) is 5.69 Å². The molecule has 1 unspecified atom stereocenters. The number of allylic oxidation sites excluding steroid dienone is 2. The predicted octanol–water partition coefficient (Wildman–Crippen LogP) is 5.24. The highest BCUT2D eigenvalue weighted by atomic mass is 16.5. The third kappa shape index (κ3) is 4.40. The number of nitrogens with zero attached hydrogens (tertiary/aromatic N) is 1. The van der Waals surface area contributed by atoms with Crippen molar-refractivity contribution >= 4 is 5.69 Å². The first-order chi connectivity index (χ1) is 13.1. The minimum atomic E-state index is -0.0435. The third-order valence-corrected chi connectivity index (χ3v) is 6.29. The Morgan fingerprint density at radius 1 is 1.15 bits per heavy atom. The molecule has 27 heavy (non-hydrogen) atoms. The lowest BCUT2D eigenvalue weighted by atomic mass is 9.65. The second-order valence-corrected chi connectivity index (χ2v) is 8.57. The lowest BCUT2D eigenvalue weighted by molar-refractivity contribution is 0.253. The monoisotopic (exact) mass is 368 g/mol.